The maximum atomic E-state index is 14.4. The zero-order chi connectivity index (χ0) is 22.8. The number of aromatic nitrogens is 1. The molecule has 0 spiro atoms. The van der Waals surface area contributed by atoms with Gasteiger partial charge in [-0.05, 0) is 35.0 Å². The van der Waals surface area contributed by atoms with Crippen LogP contribution in [0.25, 0.3) is 10.9 Å². The van der Waals surface area contributed by atoms with Gasteiger partial charge in [-0.2, -0.15) is 10.3 Å². The molecule has 7 nitrogen and oxygen atoms in total. The van der Waals surface area contributed by atoms with E-state index in [1.165, 1.54) is 17.2 Å². The number of carbonyl (C=O) groups excluding carboxylic acids is 2. The number of benzene rings is 2. The molecule has 1 N–H and O–H groups in total. The Hall–Kier alpha value is -3.51. The lowest BCUT2D eigenvalue weighted by Gasteiger charge is -2.40. The normalized spacial score (nSPS) is 16.8. The zero-order valence-corrected chi connectivity index (χ0v) is 18.8. The first-order chi connectivity index (χ1) is 15.4. The summed E-state index contributed by atoms with van der Waals surface area (Å²) in [5, 5.41) is 9.23. The molecule has 162 valence electrons. The van der Waals surface area contributed by atoms with Crippen LogP contribution in [-0.4, -0.2) is 58.0 Å². The van der Waals surface area contributed by atoms with Crippen LogP contribution in [0, 0.1) is 17.3 Å². The van der Waals surface area contributed by atoms with Gasteiger partial charge in [0, 0.05) is 47.3 Å². The van der Waals surface area contributed by atoms with Crippen molar-refractivity contribution < 1.29 is 14.0 Å². The number of nitrogens with zero attached hydrogens (tertiary/aromatic N) is 4. The highest BCUT2D eigenvalue weighted by Crippen LogP contribution is 2.29. The van der Waals surface area contributed by atoms with Crippen LogP contribution in [-0.2, 0) is 4.79 Å². The fraction of sp³-hybridized carbons (Fsp3) is 0.217. The van der Waals surface area contributed by atoms with Crippen molar-refractivity contribution in [2.75, 3.05) is 19.6 Å². The monoisotopic (exact) mass is 495 g/mol. The first-order valence-corrected chi connectivity index (χ1v) is 10.8. The lowest BCUT2D eigenvalue weighted by atomic mass is 10.1. The Bertz CT molecular complexity index is 1260. The van der Waals surface area contributed by atoms with E-state index in [-0.39, 0.29) is 23.5 Å². The molecule has 1 aromatic heterocycles. The largest absolute Gasteiger partial charge is 0.359 e. The summed E-state index contributed by atoms with van der Waals surface area (Å²) in [5.74, 6) is -1.49. The molecular weight excluding hydrogens is 477 g/mol. The van der Waals surface area contributed by atoms with Gasteiger partial charge in [0.05, 0.1) is 11.1 Å². The number of fused-ring (bicyclic) bond motifs is 1. The highest BCUT2D eigenvalue weighted by atomic mass is 79.9. The molecule has 0 unspecified atom stereocenters. The van der Waals surface area contributed by atoms with E-state index in [2.05, 4.69) is 25.9 Å². The number of nitriles is 1. The molecule has 0 aliphatic carbocycles. The van der Waals surface area contributed by atoms with Crippen molar-refractivity contribution in [3.63, 3.8) is 0 Å². The molecule has 9 heteroatoms. The fourth-order valence-electron chi connectivity index (χ4n) is 4.00. The van der Waals surface area contributed by atoms with Crippen molar-refractivity contribution in [3.05, 3.63) is 70.1 Å². The number of amides is 1. The summed E-state index contributed by atoms with van der Waals surface area (Å²) in [6.07, 6.45) is 3.21. The van der Waals surface area contributed by atoms with Gasteiger partial charge >= 0.3 is 0 Å². The van der Waals surface area contributed by atoms with Crippen LogP contribution in [0.3, 0.4) is 0 Å². The van der Waals surface area contributed by atoms with Crippen molar-refractivity contribution in [3.8, 4) is 6.19 Å². The van der Waals surface area contributed by atoms with Gasteiger partial charge < -0.3 is 14.8 Å². The Morgan fingerprint density at radius 3 is 2.66 bits per heavy atom. The van der Waals surface area contributed by atoms with Gasteiger partial charge in [-0.15, -0.1) is 0 Å². The number of piperazine rings is 1. The van der Waals surface area contributed by atoms with Crippen molar-refractivity contribution in [1.82, 2.24) is 14.8 Å². The van der Waals surface area contributed by atoms with E-state index in [0.717, 1.165) is 5.56 Å². The second-order valence-corrected chi connectivity index (χ2v) is 8.36. The maximum Gasteiger partial charge on any atom is 0.295 e. The number of amidine groups is 1. The summed E-state index contributed by atoms with van der Waals surface area (Å²) in [6, 6.07) is 11.8. The van der Waals surface area contributed by atoms with Crippen LogP contribution in [0.2, 0.25) is 0 Å². The van der Waals surface area contributed by atoms with Gasteiger partial charge in [0.1, 0.15) is 11.7 Å². The lowest BCUT2D eigenvalue weighted by molar-refractivity contribution is -0.130. The number of ketones is 1. The van der Waals surface area contributed by atoms with Gasteiger partial charge in [0.25, 0.3) is 11.7 Å². The number of nitrogens with one attached hydrogen (secondary N) is 1. The second-order valence-electron chi connectivity index (χ2n) is 7.51. The number of carbonyl (C=O) groups is 2. The van der Waals surface area contributed by atoms with E-state index in [9.17, 15) is 14.0 Å². The summed E-state index contributed by atoms with van der Waals surface area (Å²) in [4.78, 5) is 36.3. The molecule has 1 aliphatic rings. The molecular formula is C23H19BrFN5O2. The van der Waals surface area contributed by atoms with Gasteiger partial charge in [0.2, 0.25) is 6.19 Å². The summed E-state index contributed by atoms with van der Waals surface area (Å²) >= 11 is 3.32. The average molecular weight is 496 g/mol. The molecule has 1 atom stereocenters. The maximum absolute atomic E-state index is 14.4. The molecule has 1 aliphatic heterocycles. The summed E-state index contributed by atoms with van der Waals surface area (Å²) in [7, 11) is 0. The predicted molar refractivity (Wildman–Crippen MR) is 122 cm³/mol. The first kappa shape index (κ1) is 21.7. The molecule has 32 heavy (non-hydrogen) atoms. The molecule has 1 fully saturated rings. The summed E-state index contributed by atoms with van der Waals surface area (Å²) < 4.78 is 15.0. The molecule has 2 heterocycles. The number of halogens is 2. The SMILES string of the molecule is C[C@H]1CN(/C(=N/C#N)c2ccccc2)CCN1C(=O)C(=O)c1c[nH]c2c(Br)ccc(F)c12. The molecule has 1 amide bonds. The van der Waals surface area contributed by atoms with Crippen molar-refractivity contribution in [1.29, 1.82) is 5.26 Å². The molecule has 2 aromatic carbocycles. The van der Waals surface area contributed by atoms with Gasteiger partial charge in [-0.25, -0.2) is 4.39 Å². The topological polar surface area (TPSA) is 92.6 Å². The van der Waals surface area contributed by atoms with Crippen LogP contribution >= 0.6 is 15.9 Å². The van der Waals surface area contributed by atoms with Gasteiger partial charge in [-0.1, -0.05) is 30.3 Å². The molecule has 0 bridgehead atoms. The molecule has 1 saturated heterocycles. The zero-order valence-electron chi connectivity index (χ0n) is 17.2. The van der Waals surface area contributed by atoms with E-state index < -0.39 is 17.5 Å². The van der Waals surface area contributed by atoms with Crippen LogP contribution in [0.15, 0.2) is 58.1 Å². The number of hydrogen-bond acceptors (Lipinski definition) is 4. The fourth-order valence-corrected chi connectivity index (χ4v) is 4.45. The average Bonchev–Trinajstić information content (AvgIpc) is 3.26. The number of Topliss-reactive ketones (excluding diaryl/α,β-unsaturated/α-hetero) is 1. The van der Waals surface area contributed by atoms with Crippen molar-refractivity contribution >= 4 is 44.4 Å². The minimum Gasteiger partial charge on any atom is -0.359 e. The minimum absolute atomic E-state index is 0.00875. The van der Waals surface area contributed by atoms with Crippen LogP contribution in [0.1, 0.15) is 22.8 Å². The van der Waals surface area contributed by atoms with Crippen molar-refractivity contribution in [2.45, 2.75) is 13.0 Å². The Balaban J connectivity index is 1.55. The Kier molecular flexibility index (Phi) is 6.06. The Morgan fingerprint density at radius 1 is 1.22 bits per heavy atom. The van der Waals surface area contributed by atoms with Crippen LogP contribution < -0.4 is 0 Å². The summed E-state index contributed by atoms with van der Waals surface area (Å²) in [5.41, 5.74) is 1.24. The highest BCUT2D eigenvalue weighted by Gasteiger charge is 2.34. The van der Waals surface area contributed by atoms with Crippen molar-refractivity contribution in [2.24, 2.45) is 4.99 Å². The van der Waals surface area contributed by atoms with Gasteiger partial charge in [-0.3, -0.25) is 9.59 Å². The third kappa shape index (κ3) is 3.89. The lowest BCUT2D eigenvalue weighted by Crippen LogP contribution is -2.57. The number of H-pyrrole nitrogens is 1. The van der Waals surface area contributed by atoms with Crippen LogP contribution in [0.4, 0.5) is 4.39 Å². The molecule has 4 rings (SSSR count). The standard InChI is InChI=1S/C23H19BrFN5O2/c1-14-12-29(22(28-13-26)15-5-3-2-4-6-15)9-10-30(14)23(32)21(31)16-11-27-20-17(24)7-8-18(25)19(16)20/h2-8,11,14,27H,9-10,12H2,1H3/b28-22+/t14-/m0/s1. The first-order valence-electron chi connectivity index (χ1n) is 10.00. The van der Waals surface area contributed by atoms with Crippen LogP contribution in [0.5, 0.6) is 0 Å². The number of rotatable bonds is 3. The van der Waals surface area contributed by atoms with E-state index >= 15 is 0 Å². The Morgan fingerprint density at radius 2 is 1.97 bits per heavy atom. The summed E-state index contributed by atoms with van der Waals surface area (Å²) in [6.45, 7) is 2.92. The van der Waals surface area contributed by atoms with E-state index in [4.69, 9.17) is 5.26 Å². The molecule has 0 saturated carbocycles. The minimum atomic E-state index is -0.762. The van der Waals surface area contributed by atoms with Gasteiger partial charge in [0.15, 0.2) is 0 Å². The number of aromatic amines is 1. The quantitative estimate of drug-likeness (QED) is 0.197. The second kappa shape index (κ2) is 8.93. The third-order valence-electron chi connectivity index (χ3n) is 5.55. The van der Waals surface area contributed by atoms with E-state index in [0.29, 0.717) is 28.9 Å². The molecule has 0 radical (unpaired) electrons. The third-order valence-corrected chi connectivity index (χ3v) is 6.21. The highest BCUT2D eigenvalue weighted by molar-refractivity contribution is 9.10. The number of hydrogen-bond donors (Lipinski definition) is 1. The Labute approximate surface area is 192 Å². The number of aliphatic imine (C=N–C) groups is 1. The molecule has 3 aromatic rings. The predicted octanol–water partition coefficient (Wildman–Crippen LogP) is 3.71. The van der Waals surface area contributed by atoms with E-state index in [1.807, 2.05) is 48.3 Å². The smallest absolute Gasteiger partial charge is 0.295 e. The van der Waals surface area contributed by atoms with E-state index in [1.54, 1.807) is 6.07 Å².